The fourth-order valence-electron chi connectivity index (χ4n) is 2.61. The van der Waals surface area contributed by atoms with Gasteiger partial charge in [-0.3, -0.25) is 19.8 Å². The Labute approximate surface area is 123 Å². The van der Waals surface area contributed by atoms with Gasteiger partial charge in [-0.25, -0.2) is 5.84 Å². The van der Waals surface area contributed by atoms with Crippen molar-refractivity contribution in [3.8, 4) is 0 Å². The number of ketones is 1. The monoisotopic (exact) mass is 289 g/mol. The number of hydrogen-bond acceptors (Lipinski definition) is 4. The fraction of sp³-hybridized carbons (Fsp3) is 0.400. The van der Waals surface area contributed by atoms with Gasteiger partial charge in [0, 0.05) is 6.54 Å². The molecule has 1 aliphatic rings. The summed E-state index contributed by atoms with van der Waals surface area (Å²) in [5.74, 6) is 3.66. The second kappa shape index (κ2) is 4.96. The molecule has 21 heavy (non-hydrogen) atoms. The molecule has 0 radical (unpaired) electrons. The maximum absolute atomic E-state index is 12.2. The zero-order valence-electron chi connectivity index (χ0n) is 12.6. The van der Waals surface area contributed by atoms with Crippen LogP contribution in [0, 0.1) is 19.3 Å². The van der Waals surface area contributed by atoms with Crippen molar-refractivity contribution in [2.75, 3.05) is 11.4 Å². The summed E-state index contributed by atoms with van der Waals surface area (Å²) in [5, 5.41) is 0. The summed E-state index contributed by atoms with van der Waals surface area (Å²) in [6, 6.07) is 3.66. The van der Waals surface area contributed by atoms with Gasteiger partial charge in [0.25, 0.3) is 11.7 Å². The molecule has 0 unspecified atom stereocenters. The van der Waals surface area contributed by atoms with Gasteiger partial charge >= 0.3 is 0 Å². The van der Waals surface area contributed by atoms with E-state index in [0.29, 0.717) is 11.3 Å². The number of fused-ring (bicyclic) bond motifs is 1. The molecule has 0 bridgehead atoms. The third-order valence-electron chi connectivity index (χ3n) is 3.72. The maximum Gasteiger partial charge on any atom is 0.299 e. The lowest BCUT2D eigenvalue weighted by Crippen LogP contribution is -2.48. The zero-order valence-corrected chi connectivity index (χ0v) is 12.6. The van der Waals surface area contributed by atoms with Crippen LogP contribution in [0.2, 0.25) is 0 Å². The van der Waals surface area contributed by atoms with Crippen molar-refractivity contribution in [3.63, 3.8) is 0 Å². The summed E-state index contributed by atoms with van der Waals surface area (Å²) in [6.45, 7) is 7.15. The van der Waals surface area contributed by atoms with E-state index in [0.717, 1.165) is 11.1 Å². The van der Waals surface area contributed by atoms with Gasteiger partial charge < -0.3 is 4.90 Å². The Morgan fingerprint density at radius 2 is 1.90 bits per heavy atom. The Morgan fingerprint density at radius 1 is 1.29 bits per heavy atom. The van der Waals surface area contributed by atoms with Gasteiger partial charge in [-0.2, -0.15) is 0 Å². The van der Waals surface area contributed by atoms with Crippen LogP contribution in [0.25, 0.3) is 0 Å². The molecule has 0 atom stereocenters. The highest BCUT2D eigenvalue weighted by Gasteiger charge is 2.41. The van der Waals surface area contributed by atoms with Crippen molar-refractivity contribution in [2.45, 2.75) is 27.7 Å². The highest BCUT2D eigenvalue weighted by atomic mass is 16.2. The number of aryl methyl sites for hydroxylation is 2. The quantitative estimate of drug-likeness (QED) is 0.373. The van der Waals surface area contributed by atoms with Crippen LogP contribution < -0.4 is 16.2 Å². The number of Topliss-reactive ketones (excluding diaryl/α,β-unsaturated/α-hetero) is 1. The van der Waals surface area contributed by atoms with E-state index in [4.69, 9.17) is 5.84 Å². The van der Waals surface area contributed by atoms with E-state index in [1.807, 2.05) is 13.0 Å². The fourth-order valence-corrected chi connectivity index (χ4v) is 2.61. The van der Waals surface area contributed by atoms with Crippen molar-refractivity contribution in [1.82, 2.24) is 5.43 Å². The minimum atomic E-state index is -0.899. The van der Waals surface area contributed by atoms with E-state index in [1.165, 1.54) is 4.90 Å². The number of benzene rings is 1. The first-order valence-corrected chi connectivity index (χ1v) is 6.67. The van der Waals surface area contributed by atoms with Crippen molar-refractivity contribution >= 4 is 23.3 Å². The van der Waals surface area contributed by atoms with Crippen molar-refractivity contribution < 1.29 is 14.4 Å². The molecule has 1 aromatic carbocycles. The summed E-state index contributed by atoms with van der Waals surface area (Å²) in [5.41, 5.74) is 3.92. The van der Waals surface area contributed by atoms with Crippen LogP contribution in [-0.2, 0) is 9.59 Å². The van der Waals surface area contributed by atoms with E-state index in [-0.39, 0.29) is 12.5 Å². The standard InChI is InChI=1S/C15H19N3O3/c1-8-5-9(2)11-10(6-8)18(13(20)12(11)19)7-15(3,4)14(21)17-16/h5-6H,7,16H2,1-4H3,(H,17,21). The number of nitrogens with zero attached hydrogens (tertiary/aromatic N) is 1. The minimum Gasteiger partial charge on any atom is -0.304 e. The Balaban J connectivity index is 2.47. The lowest BCUT2D eigenvalue weighted by Gasteiger charge is -2.28. The highest BCUT2D eigenvalue weighted by molar-refractivity contribution is 6.52. The first-order valence-electron chi connectivity index (χ1n) is 6.67. The van der Waals surface area contributed by atoms with Gasteiger partial charge in [0.05, 0.1) is 16.7 Å². The normalized spacial score (nSPS) is 14.4. The van der Waals surface area contributed by atoms with Crippen LogP contribution in [0.1, 0.15) is 35.3 Å². The molecule has 112 valence electrons. The van der Waals surface area contributed by atoms with Gasteiger partial charge in [-0.15, -0.1) is 0 Å². The van der Waals surface area contributed by atoms with E-state index in [2.05, 4.69) is 5.43 Å². The molecule has 0 fully saturated rings. The van der Waals surface area contributed by atoms with Crippen LogP contribution in [0.3, 0.4) is 0 Å². The number of rotatable bonds is 3. The largest absolute Gasteiger partial charge is 0.304 e. The van der Waals surface area contributed by atoms with Gasteiger partial charge in [0.15, 0.2) is 0 Å². The predicted molar refractivity (Wildman–Crippen MR) is 78.7 cm³/mol. The minimum absolute atomic E-state index is 0.0938. The summed E-state index contributed by atoms with van der Waals surface area (Å²) in [4.78, 5) is 37.5. The summed E-state index contributed by atoms with van der Waals surface area (Å²) < 4.78 is 0. The number of carbonyl (C=O) groups excluding carboxylic acids is 3. The number of nitrogens with one attached hydrogen (secondary N) is 1. The molecule has 6 nitrogen and oxygen atoms in total. The van der Waals surface area contributed by atoms with Crippen LogP contribution in [0.5, 0.6) is 0 Å². The zero-order chi connectivity index (χ0) is 15.9. The molecule has 0 aliphatic carbocycles. The Hall–Kier alpha value is -2.21. The number of hydrogen-bond donors (Lipinski definition) is 2. The average Bonchev–Trinajstić information content (AvgIpc) is 2.62. The Bertz CT molecular complexity index is 650. The molecule has 0 aromatic heterocycles. The van der Waals surface area contributed by atoms with Gasteiger partial charge in [-0.05, 0) is 44.9 Å². The first-order chi connectivity index (χ1) is 9.69. The molecule has 1 heterocycles. The smallest absolute Gasteiger partial charge is 0.299 e. The summed E-state index contributed by atoms with van der Waals surface area (Å²) >= 11 is 0. The second-order valence-corrected chi connectivity index (χ2v) is 6.05. The molecule has 1 aromatic rings. The van der Waals surface area contributed by atoms with Crippen LogP contribution in [0.4, 0.5) is 5.69 Å². The average molecular weight is 289 g/mol. The first kappa shape index (κ1) is 15.2. The maximum atomic E-state index is 12.2. The topological polar surface area (TPSA) is 92.5 Å². The molecule has 2 amide bonds. The Kier molecular flexibility index (Phi) is 3.59. The van der Waals surface area contributed by atoms with Gasteiger partial charge in [0.2, 0.25) is 5.91 Å². The van der Waals surface area contributed by atoms with Gasteiger partial charge in [-0.1, -0.05) is 6.07 Å². The van der Waals surface area contributed by atoms with Crippen molar-refractivity contribution in [1.29, 1.82) is 0 Å². The summed E-state index contributed by atoms with van der Waals surface area (Å²) in [6.07, 6.45) is 0. The van der Waals surface area contributed by atoms with Crippen LogP contribution >= 0.6 is 0 Å². The third-order valence-corrected chi connectivity index (χ3v) is 3.72. The second-order valence-electron chi connectivity index (χ2n) is 6.05. The summed E-state index contributed by atoms with van der Waals surface area (Å²) in [7, 11) is 0. The van der Waals surface area contributed by atoms with Crippen LogP contribution in [-0.4, -0.2) is 24.1 Å². The molecular weight excluding hydrogens is 270 g/mol. The predicted octanol–water partition coefficient (Wildman–Crippen LogP) is 0.849. The molecule has 3 N–H and O–H groups in total. The molecule has 2 rings (SSSR count). The van der Waals surface area contributed by atoms with E-state index >= 15 is 0 Å². The third kappa shape index (κ3) is 2.42. The molecule has 1 aliphatic heterocycles. The number of anilines is 1. The van der Waals surface area contributed by atoms with Gasteiger partial charge in [0.1, 0.15) is 0 Å². The van der Waals surface area contributed by atoms with Crippen molar-refractivity contribution in [3.05, 3.63) is 28.8 Å². The number of carbonyl (C=O) groups is 3. The van der Waals surface area contributed by atoms with Crippen molar-refractivity contribution in [2.24, 2.45) is 11.3 Å². The molecule has 0 saturated heterocycles. The SMILES string of the molecule is Cc1cc(C)c2c(c1)N(CC(C)(C)C(=O)NN)C(=O)C2=O. The number of nitrogens with two attached hydrogens (primary N) is 1. The lowest BCUT2D eigenvalue weighted by molar-refractivity contribution is -0.129. The number of amides is 2. The molecule has 0 spiro atoms. The molecule has 0 saturated carbocycles. The Morgan fingerprint density at radius 3 is 2.48 bits per heavy atom. The van der Waals surface area contributed by atoms with Crippen LogP contribution in [0.15, 0.2) is 12.1 Å². The molecule has 6 heteroatoms. The number of hydrazine groups is 1. The van der Waals surface area contributed by atoms with E-state index in [1.54, 1.807) is 26.8 Å². The molecular formula is C15H19N3O3. The van der Waals surface area contributed by atoms with E-state index in [9.17, 15) is 14.4 Å². The highest BCUT2D eigenvalue weighted by Crippen LogP contribution is 2.34. The lowest BCUT2D eigenvalue weighted by atomic mass is 9.91. The van der Waals surface area contributed by atoms with E-state index < -0.39 is 17.1 Å².